The zero-order valence-corrected chi connectivity index (χ0v) is 14.9. The van der Waals surface area contributed by atoms with Crippen LogP contribution in [0.25, 0.3) is 0 Å². The van der Waals surface area contributed by atoms with Crippen LogP contribution < -0.4 is 10.6 Å². The van der Waals surface area contributed by atoms with Crippen LogP contribution in [0.2, 0.25) is 0 Å². The Kier molecular flexibility index (Phi) is 6.42. The Morgan fingerprint density at radius 3 is 1.92 bits per heavy atom. The predicted octanol–water partition coefficient (Wildman–Crippen LogP) is 3.60. The van der Waals surface area contributed by atoms with Crippen molar-refractivity contribution in [2.75, 3.05) is 0 Å². The number of carbonyl (C=O) groups is 2. The summed E-state index contributed by atoms with van der Waals surface area (Å²) in [6.45, 7) is 0. The Morgan fingerprint density at radius 2 is 1.32 bits per heavy atom. The van der Waals surface area contributed by atoms with Crippen molar-refractivity contribution >= 4 is 11.8 Å². The molecule has 1 aromatic heterocycles. The van der Waals surface area contributed by atoms with E-state index >= 15 is 0 Å². The maximum Gasteiger partial charge on any atom is 0.270 e. The van der Waals surface area contributed by atoms with E-state index in [2.05, 4.69) is 15.6 Å². The third-order valence-corrected chi connectivity index (χ3v) is 5.39. The summed E-state index contributed by atoms with van der Waals surface area (Å²) in [4.78, 5) is 29.1. The summed E-state index contributed by atoms with van der Waals surface area (Å²) < 4.78 is 0. The van der Waals surface area contributed by atoms with Gasteiger partial charge >= 0.3 is 0 Å². The Morgan fingerprint density at radius 1 is 0.800 bits per heavy atom. The van der Waals surface area contributed by atoms with Gasteiger partial charge < -0.3 is 10.6 Å². The summed E-state index contributed by atoms with van der Waals surface area (Å²) in [5, 5.41) is 6.18. The summed E-state index contributed by atoms with van der Waals surface area (Å²) in [5.41, 5.74) is 0.854. The highest BCUT2D eigenvalue weighted by Gasteiger charge is 2.20. The molecule has 0 aromatic carbocycles. The lowest BCUT2D eigenvalue weighted by atomic mass is 9.95. The van der Waals surface area contributed by atoms with Gasteiger partial charge in [-0.15, -0.1) is 0 Å². The second-order valence-corrected chi connectivity index (χ2v) is 7.40. The number of hydrogen-bond acceptors (Lipinski definition) is 3. The van der Waals surface area contributed by atoms with Crippen molar-refractivity contribution in [3.63, 3.8) is 0 Å². The predicted molar refractivity (Wildman–Crippen MR) is 97.5 cm³/mol. The summed E-state index contributed by atoms with van der Waals surface area (Å²) >= 11 is 0. The minimum absolute atomic E-state index is 0.0963. The third kappa shape index (κ3) is 5.28. The molecule has 2 aliphatic carbocycles. The van der Waals surface area contributed by atoms with Gasteiger partial charge in [-0.2, -0.15) is 0 Å². The Hall–Kier alpha value is -1.91. The van der Waals surface area contributed by atoms with Crippen molar-refractivity contribution in [1.82, 2.24) is 15.6 Å². The van der Waals surface area contributed by atoms with Crippen LogP contribution >= 0.6 is 0 Å². The van der Waals surface area contributed by atoms with Crippen molar-refractivity contribution in [1.29, 1.82) is 0 Å². The van der Waals surface area contributed by atoms with Gasteiger partial charge in [0.1, 0.15) is 5.69 Å². The molecular weight excluding hydrogens is 314 g/mol. The first-order chi connectivity index (χ1) is 12.2. The zero-order chi connectivity index (χ0) is 17.5. The molecule has 0 atom stereocenters. The van der Waals surface area contributed by atoms with Gasteiger partial charge in [-0.25, -0.2) is 0 Å². The van der Waals surface area contributed by atoms with Crippen LogP contribution in [0.4, 0.5) is 0 Å². The lowest BCUT2D eigenvalue weighted by Crippen LogP contribution is -2.37. The van der Waals surface area contributed by atoms with Crippen LogP contribution in [0.1, 0.15) is 91.5 Å². The number of carbonyl (C=O) groups excluding carboxylic acids is 2. The number of nitrogens with zero attached hydrogens (tertiary/aromatic N) is 1. The Balaban J connectivity index is 1.59. The molecule has 25 heavy (non-hydrogen) atoms. The van der Waals surface area contributed by atoms with E-state index in [9.17, 15) is 9.59 Å². The Bertz CT molecular complexity index is 588. The fourth-order valence-electron chi connectivity index (χ4n) is 3.89. The molecule has 0 bridgehead atoms. The van der Waals surface area contributed by atoms with E-state index in [0.29, 0.717) is 11.3 Å². The highest BCUT2D eigenvalue weighted by molar-refractivity contribution is 5.98. The number of amides is 2. The smallest absolute Gasteiger partial charge is 0.270 e. The number of nitrogens with one attached hydrogen (secondary N) is 2. The molecule has 0 saturated heterocycles. The SMILES string of the molecule is O=C(NC1CCCCCC1)c1ccnc(C(=O)NC2CCCCC2)c1. The zero-order valence-electron chi connectivity index (χ0n) is 14.9. The van der Waals surface area contributed by atoms with E-state index < -0.39 is 0 Å². The second-order valence-electron chi connectivity index (χ2n) is 7.40. The molecule has 0 aliphatic heterocycles. The van der Waals surface area contributed by atoms with Crippen LogP contribution in [0.5, 0.6) is 0 Å². The van der Waals surface area contributed by atoms with E-state index in [1.165, 1.54) is 44.9 Å². The van der Waals surface area contributed by atoms with Crippen LogP contribution in [0.15, 0.2) is 18.3 Å². The normalized spacial score (nSPS) is 19.8. The maximum absolute atomic E-state index is 12.5. The molecule has 1 heterocycles. The molecule has 5 heteroatoms. The van der Waals surface area contributed by atoms with Crippen LogP contribution in [-0.2, 0) is 0 Å². The van der Waals surface area contributed by atoms with Gasteiger partial charge in [0.05, 0.1) is 0 Å². The number of hydrogen-bond donors (Lipinski definition) is 2. The van der Waals surface area contributed by atoms with Crippen LogP contribution in [0.3, 0.4) is 0 Å². The van der Waals surface area contributed by atoms with Gasteiger partial charge in [-0.3, -0.25) is 14.6 Å². The molecule has 2 fully saturated rings. The van der Waals surface area contributed by atoms with Crippen molar-refractivity contribution < 1.29 is 9.59 Å². The fourth-order valence-corrected chi connectivity index (χ4v) is 3.89. The van der Waals surface area contributed by atoms with Crippen molar-refractivity contribution in [3.05, 3.63) is 29.6 Å². The molecule has 2 saturated carbocycles. The lowest BCUT2D eigenvalue weighted by molar-refractivity contribution is 0.0922. The van der Waals surface area contributed by atoms with Crippen molar-refractivity contribution in [2.45, 2.75) is 82.7 Å². The molecule has 1 aromatic rings. The highest BCUT2D eigenvalue weighted by atomic mass is 16.2. The van der Waals surface area contributed by atoms with Gasteiger partial charge in [0.25, 0.3) is 11.8 Å². The highest BCUT2D eigenvalue weighted by Crippen LogP contribution is 2.19. The summed E-state index contributed by atoms with van der Waals surface area (Å²) in [6.07, 6.45) is 14.2. The molecule has 0 spiro atoms. The van der Waals surface area contributed by atoms with Gasteiger partial charge in [0.15, 0.2) is 0 Å². The first kappa shape index (κ1) is 17.9. The van der Waals surface area contributed by atoms with Gasteiger partial charge in [-0.1, -0.05) is 44.9 Å². The van der Waals surface area contributed by atoms with Crippen LogP contribution in [-0.4, -0.2) is 28.9 Å². The van der Waals surface area contributed by atoms with Gasteiger partial charge in [0.2, 0.25) is 0 Å². The quantitative estimate of drug-likeness (QED) is 0.821. The van der Waals surface area contributed by atoms with E-state index in [1.807, 2.05) is 0 Å². The molecule has 5 nitrogen and oxygen atoms in total. The van der Waals surface area contributed by atoms with Gasteiger partial charge in [-0.05, 0) is 37.8 Å². The average Bonchev–Trinajstić information content (AvgIpc) is 2.91. The summed E-state index contributed by atoms with van der Waals surface area (Å²) in [6, 6.07) is 3.79. The van der Waals surface area contributed by atoms with Gasteiger partial charge in [0, 0.05) is 23.8 Å². The molecule has 2 amide bonds. The molecule has 2 N–H and O–H groups in total. The van der Waals surface area contributed by atoms with E-state index in [0.717, 1.165) is 25.7 Å². The average molecular weight is 343 g/mol. The largest absolute Gasteiger partial charge is 0.349 e. The molecule has 2 aliphatic rings. The number of aromatic nitrogens is 1. The maximum atomic E-state index is 12.5. The first-order valence-electron chi connectivity index (χ1n) is 9.80. The van der Waals surface area contributed by atoms with Crippen molar-refractivity contribution in [3.8, 4) is 0 Å². The minimum Gasteiger partial charge on any atom is -0.349 e. The monoisotopic (exact) mass is 343 g/mol. The van der Waals surface area contributed by atoms with E-state index in [-0.39, 0.29) is 23.9 Å². The number of pyridine rings is 1. The van der Waals surface area contributed by atoms with E-state index in [4.69, 9.17) is 0 Å². The number of rotatable bonds is 4. The fraction of sp³-hybridized carbons (Fsp3) is 0.650. The van der Waals surface area contributed by atoms with Crippen molar-refractivity contribution in [2.24, 2.45) is 0 Å². The summed E-state index contributed by atoms with van der Waals surface area (Å²) in [5.74, 6) is -0.267. The minimum atomic E-state index is -0.170. The lowest BCUT2D eigenvalue weighted by Gasteiger charge is -2.22. The molecule has 0 unspecified atom stereocenters. The molecule has 0 radical (unpaired) electrons. The second kappa shape index (κ2) is 8.97. The van der Waals surface area contributed by atoms with Crippen LogP contribution in [0, 0.1) is 0 Å². The molecular formula is C20H29N3O2. The topological polar surface area (TPSA) is 71.1 Å². The Labute approximate surface area is 150 Å². The molecule has 136 valence electrons. The standard InChI is InChI=1S/C20H29N3O2/c24-19(22-16-8-4-1-2-5-9-16)15-12-13-21-18(14-15)20(25)23-17-10-6-3-7-11-17/h12-14,16-17H,1-11H2,(H,22,24)(H,23,25). The first-order valence-corrected chi connectivity index (χ1v) is 9.80. The third-order valence-electron chi connectivity index (χ3n) is 5.39. The van der Waals surface area contributed by atoms with E-state index in [1.54, 1.807) is 18.3 Å². The molecule has 3 rings (SSSR count). The summed E-state index contributed by atoms with van der Waals surface area (Å²) in [7, 11) is 0.